The minimum atomic E-state index is -0.0160. The van der Waals surface area contributed by atoms with E-state index in [1.54, 1.807) is 26.1 Å². The molecule has 168 valence electrons. The second-order valence-electron chi connectivity index (χ2n) is 7.33. The maximum atomic E-state index is 12.1. The smallest absolute Gasteiger partial charge is 0.241 e. The number of nitrogens with zero attached hydrogens (tertiary/aromatic N) is 3. The van der Waals surface area contributed by atoms with E-state index in [0.29, 0.717) is 38.6 Å². The predicted molar refractivity (Wildman–Crippen MR) is 129 cm³/mol. The third kappa shape index (κ3) is 9.29. The first-order valence-electron chi connectivity index (χ1n) is 10.0. The molecule has 1 aliphatic rings. The van der Waals surface area contributed by atoms with Crippen molar-refractivity contribution in [2.75, 3.05) is 47.4 Å². The highest BCUT2D eigenvalue weighted by Crippen LogP contribution is 2.12. The fourth-order valence-electron chi connectivity index (χ4n) is 3.04. The number of halogens is 1. The first-order valence-corrected chi connectivity index (χ1v) is 10.0. The van der Waals surface area contributed by atoms with Crippen molar-refractivity contribution in [1.82, 2.24) is 20.4 Å². The van der Waals surface area contributed by atoms with Crippen LogP contribution in [0.5, 0.6) is 0 Å². The molecule has 2 rings (SSSR count). The lowest BCUT2D eigenvalue weighted by Gasteiger charge is -2.33. The van der Waals surface area contributed by atoms with E-state index in [4.69, 9.17) is 4.74 Å². The molecule has 2 amide bonds. The summed E-state index contributed by atoms with van der Waals surface area (Å²) in [6.07, 6.45) is 2.10. The number of carbonyl (C=O) groups is 2. The second-order valence-corrected chi connectivity index (χ2v) is 7.33. The van der Waals surface area contributed by atoms with E-state index in [1.165, 1.54) is 0 Å². The van der Waals surface area contributed by atoms with Gasteiger partial charge in [0.25, 0.3) is 0 Å². The molecular weight excluding hydrogens is 497 g/mol. The van der Waals surface area contributed by atoms with Gasteiger partial charge in [0.1, 0.15) is 0 Å². The van der Waals surface area contributed by atoms with Crippen LogP contribution in [0.4, 0.5) is 0 Å². The second kappa shape index (κ2) is 14.2. The predicted octanol–water partition coefficient (Wildman–Crippen LogP) is 1.46. The van der Waals surface area contributed by atoms with Gasteiger partial charge in [-0.15, -0.1) is 24.0 Å². The van der Waals surface area contributed by atoms with Crippen LogP contribution in [-0.2, 0) is 20.9 Å². The number of piperidine rings is 1. The Morgan fingerprint density at radius 2 is 1.87 bits per heavy atom. The molecule has 0 radical (unpaired) electrons. The summed E-state index contributed by atoms with van der Waals surface area (Å²) in [6, 6.07) is 10.2. The third-order valence-corrected chi connectivity index (χ3v) is 4.88. The van der Waals surface area contributed by atoms with Gasteiger partial charge >= 0.3 is 0 Å². The Labute approximate surface area is 196 Å². The molecule has 8 nitrogen and oxygen atoms in total. The number of amides is 2. The number of rotatable bonds is 8. The monoisotopic (exact) mass is 531 g/mol. The molecule has 0 atom stereocenters. The fraction of sp³-hybridized carbons (Fsp3) is 0.571. The molecule has 1 aromatic carbocycles. The third-order valence-electron chi connectivity index (χ3n) is 4.88. The molecule has 0 aliphatic carbocycles. The molecule has 0 spiro atoms. The van der Waals surface area contributed by atoms with Crippen LogP contribution < -0.4 is 10.6 Å². The Hall–Kier alpha value is -1.88. The average Bonchev–Trinajstić information content (AvgIpc) is 2.74. The van der Waals surface area contributed by atoms with Crippen LogP contribution in [0, 0.1) is 0 Å². The Kier molecular flexibility index (Phi) is 12.4. The first-order chi connectivity index (χ1) is 14.0. The number of hydrogen-bond acceptors (Lipinski definition) is 4. The van der Waals surface area contributed by atoms with E-state index in [2.05, 4.69) is 15.6 Å². The Morgan fingerprint density at radius 3 is 2.47 bits per heavy atom. The van der Waals surface area contributed by atoms with Gasteiger partial charge in [-0.2, -0.15) is 0 Å². The molecule has 9 heteroatoms. The lowest BCUT2D eigenvalue weighted by atomic mass is 10.0. The number of likely N-dealkylation sites (tertiary alicyclic amines) is 1. The first kappa shape index (κ1) is 26.2. The van der Waals surface area contributed by atoms with Gasteiger partial charge in [-0.1, -0.05) is 30.3 Å². The van der Waals surface area contributed by atoms with E-state index < -0.39 is 0 Å². The van der Waals surface area contributed by atoms with Crippen LogP contribution >= 0.6 is 24.0 Å². The topological polar surface area (TPSA) is 86.3 Å². The van der Waals surface area contributed by atoms with E-state index in [-0.39, 0.29) is 48.4 Å². The lowest BCUT2D eigenvalue weighted by Crippen LogP contribution is -2.51. The molecule has 0 saturated carbocycles. The van der Waals surface area contributed by atoms with Crippen LogP contribution in [-0.4, -0.2) is 81.1 Å². The summed E-state index contributed by atoms with van der Waals surface area (Å²) < 4.78 is 4.99. The minimum absolute atomic E-state index is 0. The summed E-state index contributed by atoms with van der Waals surface area (Å²) in [5.41, 5.74) is 1.10. The summed E-state index contributed by atoms with van der Waals surface area (Å²) in [7, 11) is 5.07. The molecule has 1 saturated heterocycles. The van der Waals surface area contributed by atoms with E-state index >= 15 is 0 Å². The maximum absolute atomic E-state index is 12.1. The number of likely N-dealkylation sites (N-methyl/N-ethyl adjacent to an activating group) is 1. The molecule has 0 aromatic heterocycles. The number of aliphatic imine (C=N–C) groups is 1. The van der Waals surface area contributed by atoms with Crippen molar-refractivity contribution in [3.05, 3.63) is 35.9 Å². The van der Waals surface area contributed by atoms with Crippen LogP contribution in [0.25, 0.3) is 0 Å². The summed E-state index contributed by atoms with van der Waals surface area (Å²) in [5.74, 6) is 0.740. The van der Waals surface area contributed by atoms with Crippen molar-refractivity contribution in [3.8, 4) is 0 Å². The normalized spacial score (nSPS) is 14.6. The fourth-order valence-corrected chi connectivity index (χ4v) is 3.04. The zero-order valence-corrected chi connectivity index (χ0v) is 20.4. The van der Waals surface area contributed by atoms with Crippen LogP contribution in [0.1, 0.15) is 24.8 Å². The molecule has 2 N–H and O–H groups in total. The van der Waals surface area contributed by atoms with Gasteiger partial charge < -0.3 is 25.2 Å². The van der Waals surface area contributed by atoms with Crippen molar-refractivity contribution in [3.63, 3.8) is 0 Å². The summed E-state index contributed by atoms with van der Waals surface area (Å²) >= 11 is 0. The Balaban J connectivity index is 0.00000450. The number of nitrogens with one attached hydrogen (secondary N) is 2. The summed E-state index contributed by atoms with van der Waals surface area (Å²) in [4.78, 5) is 32.2. The van der Waals surface area contributed by atoms with Crippen molar-refractivity contribution in [2.45, 2.75) is 31.8 Å². The van der Waals surface area contributed by atoms with E-state index in [1.807, 2.05) is 35.2 Å². The maximum Gasteiger partial charge on any atom is 0.241 e. The SMILES string of the molecule is COCCC(=O)N1CCC(NC(=NCc2ccccc2)NCC(=O)N(C)C)CC1.I. The number of guanidine groups is 1. The number of methoxy groups -OCH3 is 1. The number of benzene rings is 1. The molecular formula is C21H34IN5O3. The zero-order chi connectivity index (χ0) is 21.1. The quantitative estimate of drug-likeness (QED) is 0.302. The average molecular weight is 531 g/mol. The molecule has 1 fully saturated rings. The van der Waals surface area contributed by atoms with Gasteiger partial charge in [-0.25, -0.2) is 4.99 Å². The summed E-state index contributed by atoms with van der Waals surface area (Å²) in [6.45, 7) is 2.59. The highest BCUT2D eigenvalue weighted by atomic mass is 127. The number of carbonyl (C=O) groups excluding carboxylic acids is 2. The highest BCUT2D eigenvalue weighted by molar-refractivity contribution is 14.0. The van der Waals surface area contributed by atoms with E-state index in [9.17, 15) is 9.59 Å². The van der Waals surface area contributed by atoms with Gasteiger partial charge in [-0.05, 0) is 18.4 Å². The lowest BCUT2D eigenvalue weighted by molar-refractivity contribution is -0.133. The van der Waals surface area contributed by atoms with Crippen LogP contribution in [0.15, 0.2) is 35.3 Å². The van der Waals surface area contributed by atoms with Crippen LogP contribution in [0.2, 0.25) is 0 Å². The van der Waals surface area contributed by atoms with Gasteiger partial charge in [0.2, 0.25) is 11.8 Å². The standard InChI is InChI=1S/C21H33N5O3.HI/c1-25(2)20(28)16-23-21(22-15-17-7-5-4-6-8-17)24-18-9-12-26(13-10-18)19(27)11-14-29-3;/h4-8,18H,9-16H2,1-3H3,(H2,22,23,24);1H. The molecule has 1 heterocycles. The van der Waals surface area contributed by atoms with Gasteiger partial charge in [0.15, 0.2) is 5.96 Å². The zero-order valence-electron chi connectivity index (χ0n) is 18.1. The van der Waals surface area contributed by atoms with Gasteiger partial charge in [0.05, 0.1) is 26.1 Å². The number of hydrogen-bond donors (Lipinski definition) is 2. The molecule has 0 bridgehead atoms. The Bertz CT molecular complexity index is 676. The van der Waals surface area contributed by atoms with Crippen molar-refractivity contribution in [2.24, 2.45) is 4.99 Å². The van der Waals surface area contributed by atoms with Crippen LogP contribution in [0.3, 0.4) is 0 Å². The van der Waals surface area contributed by atoms with E-state index in [0.717, 1.165) is 18.4 Å². The summed E-state index contributed by atoms with van der Waals surface area (Å²) in [5, 5.41) is 6.56. The number of ether oxygens (including phenoxy) is 1. The van der Waals surface area contributed by atoms with Crippen molar-refractivity contribution >= 4 is 41.8 Å². The minimum Gasteiger partial charge on any atom is -0.384 e. The van der Waals surface area contributed by atoms with Gasteiger partial charge in [-0.3, -0.25) is 9.59 Å². The highest BCUT2D eigenvalue weighted by Gasteiger charge is 2.23. The largest absolute Gasteiger partial charge is 0.384 e. The van der Waals surface area contributed by atoms with Crippen molar-refractivity contribution in [1.29, 1.82) is 0 Å². The Morgan fingerprint density at radius 1 is 1.20 bits per heavy atom. The van der Waals surface area contributed by atoms with Gasteiger partial charge in [0, 0.05) is 40.3 Å². The van der Waals surface area contributed by atoms with Crippen molar-refractivity contribution < 1.29 is 14.3 Å². The molecule has 1 aliphatic heterocycles. The molecule has 1 aromatic rings. The molecule has 30 heavy (non-hydrogen) atoms. The molecule has 0 unspecified atom stereocenters.